The first kappa shape index (κ1) is 14.1. The van der Waals surface area contributed by atoms with Crippen molar-refractivity contribution >= 4 is 11.6 Å². The van der Waals surface area contributed by atoms with Crippen molar-refractivity contribution in [2.24, 2.45) is 0 Å². The molecule has 0 fully saturated rings. The molecule has 0 radical (unpaired) electrons. The number of carbonyl (C=O) groups excluding carboxylic acids is 1. The maximum Gasteiger partial charge on any atom is 0.232 e. The average Bonchev–Trinajstić information content (AvgIpc) is 2.48. The number of hydrogen-bond acceptors (Lipinski definition) is 2. The van der Waals surface area contributed by atoms with Crippen LogP contribution in [0.4, 0.5) is 5.69 Å². The molecule has 0 bridgehead atoms. The molecule has 0 aliphatic rings. The fourth-order valence-corrected chi connectivity index (χ4v) is 2.22. The van der Waals surface area contributed by atoms with Gasteiger partial charge in [-0.05, 0) is 24.1 Å². The maximum absolute atomic E-state index is 12.4. The van der Waals surface area contributed by atoms with Crippen molar-refractivity contribution < 1.29 is 9.90 Å². The van der Waals surface area contributed by atoms with E-state index in [2.05, 4.69) is 12.2 Å². The summed E-state index contributed by atoms with van der Waals surface area (Å²) in [5.41, 5.74) is 1.46. The van der Waals surface area contributed by atoms with Crippen molar-refractivity contribution in [1.29, 1.82) is 0 Å². The summed E-state index contributed by atoms with van der Waals surface area (Å²) in [7, 11) is 0. The van der Waals surface area contributed by atoms with E-state index < -0.39 is 0 Å². The fraction of sp³-hybridized carbons (Fsp3) is 0.235. The predicted octanol–water partition coefficient (Wildman–Crippen LogP) is 3.91. The molecule has 1 unspecified atom stereocenters. The first-order chi connectivity index (χ1) is 9.72. The highest BCUT2D eigenvalue weighted by Crippen LogP contribution is 2.26. The van der Waals surface area contributed by atoms with Gasteiger partial charge in [-0.3, -0.25) is 4.79 Å². The minimum absolute atomic E-state index is 0.0837. The van der Waals surface area contributed by atoms with Crippen LogP contribution in [0, 0.1) is 0 Å². The Morgan fingerprint density at radius 3 is 2.40 bits per heavy atom. The molecule has 2 rings (SSSR count). The smallest absolute Gasteiger partial charge is 0.232 e. The van der Waals surface area contributed by atoms with Crippen LogP contribution in [0.3, 0.4) is 0 Å². The summed E-state index contributed by atoms with van der Waals surface area (Å²) >= 11 is 0. The number of anilines is 1. The number of rotatable bonds is 5. The molecule has 0 heterocycles. The molecule has 104 valence electrons. The molecule has 0 saturated carbocycles. The number of hydrogen-bond donors (Lipinski definition) is 2. The van der Waals surface area contributed by atoms with Crippen LogP contribution >= 0.6 is 0 Å². The number of aromatic hydroxyl groups is 1. The number of carbonyl (C=O) groups is 1. The van der Waals surface area contributed by atoms with Gasteiger partial charge in [-0.25, -0.2) is 0 Å². The molecule has 20 heavy (non-hydrogen) atoms. The van der Waals surface area contributed by atoms with Crippen LogP contribution in [0.1, 0.15) is 31.2 Å². The highest BCUT2D eigenvalue weighted by Gasteiger charge is 2.20. The standard InChI is InChI=1S/C17H19NO2/c1-2-8-14(13-9-4-3-5-10-13)17(20)18-15-11-6-7-12-16(15)19/h3-7,9-12,14,19H,2,8H2,1H3,(H,18,20). The lowest BCUT2D eigenvalue weighted by atomic mass is 9.93. The Labute approximate surface area is 119 Å². The van der Waals surface area contributed by atoms with Crippen LogP contribution < -0.4 is 5.32 Å². The second-order valence-corrected chi connectivity index (χ2v) is 4.76. The van der Waals surface area contributed by atoms with Gasteiger partial charge in [-0.15, -0.1) is 0 Å². The topological polar surface area (TPSA) is 49.3 Å². The van der Waals surface area contributed by atoms with Gasteiger partial charge in [0, 0.05) is 0 Å². The second-order valence-electron chi connectivity index (χ2n) is 4.76. The van der Waals surface area contributed by atoms with E-state index in [0.717, 1.165) is 18.4 Å². The number of phenolic OH excluding ortho intramolecular Hbond substituents is 1. The Balaban J connectivity index is 2.18. The molecule has 1 amide bonds. The van der Waals surface area contributed by atoms with Crippen molar-refractivity contribution in [2.45, 2.75) is 25.7 Å². The third-order valence-corrected chi connectivity index (χ3v) is 3.26. The summed E-state index contributed by atoms with van der Waals surface area (Å²) in [6.45, 7) is 2.06. The van der Waals surface area contributed by atoms with E-state index in [1.165, 1.54) is 0 Å². The molecule has 0 aliphatic carbocycles. The SMILES string of the molecule is CCCC(C(=O)Nc1ccccc1O)c1ccccc1. The minimum Gasteiger partial charge on any atom is -0.506 e. The Morgan fingerprint density at radius 2 is 1.75 bits per heavy atom. The third-order valence-electron chi connectivity index (χ3n) is 3.26. The summed E-state index contributed by atoms with van der Waals surface area (Å²) < 4.78 is 0. The van der Waals surface area contributed by atoms with Crippen molar-refractivity contribution in [3.05, 3.63) is 60.2 Å². The van der Waals surface area contributed by atoms with Gasteiger partial charge in [0.2, 0.25) is 5.91 Å². The summed E-state index contributed by atoms with van der Waals surface area (Å²) in [6.07, 6.45) is 1.71. The normalized spacial score (nSPS) is 11.8. The molecule has 3 heteroatoms. The van der Waals surface area contributed by atoms with Crippen LogP contribution in [0.2, 0.25) is 0 Å². The molecule has 2 aromatic carbocycles. The van der Waals surface area contributed by atoms with E-state index in [-0.39, 0.29) is 17.6 Å². The summed E-state index contributed by atoms with van der Waals surface area (Å²) in [6, 6.07) is 16.5. The van der Waals surface area contributed by atoms with Gasteiger partial charge in [0.1, 0.15) is 5.75 Å². The second kappa shape index (κ2) is 6.75. The highest BCUT2D eigenvalue weighted by molar-refractivity contribution is 5.96. The molecule has 2 aromatic rings. The largest absolute Gasteiger partial charge is 0.506 e. The Hall–Kier alpha value is -2.29. The number of amides is 1. The first-order valence-electron chi connectivity index (χ1n) is 6.86. The monoisotopic (exact) mass is 269 g/mol. The zero-order chi connectivity index (χ0) is 14.4. The molecular weight excluding hydrogens is 250 g/mol. The van der Waals surface area contributed by atoms with E-state index in [9.17, 15) is 9.90 Å². The van der Waals surface area contributed by atoms with Crippen LogP contribution in [-0.4, -0.2) is 11.0 Å². The third kappa shape index (κ3) is 3.38. The quantitative estimate of drug-likeness (QED) is 0.808. The average molecular weight is 269 g/mol. The summed E-state index contributed by atoms with van der Waals surface area (Å²) in [5, 5.41) is 12.5. The van der Waals surface area contributed by atoms with Crippen molar-refractivity contribution in [2.75, 3.05) is 5.32 Å². The lowest BCUT2D eigenvalue weighted by Gasteiger charge is -2.17. The number of nitrogens with one attached hydrogen (secondary N) is 1. The molecular formula is C17H19NO2. The maximum atomic E-state index is 12.4. The van der Waals surface area contributed by atoms with Crippen LogP contribution in [0.15, 0.2) is 54.6 Å². The molecule has 3 nitrogen and oxygen atoms in total. The van der Waals surface area contributed by atoms with Crippen molar-refractivity contribution in [3.63, 3.8) is 0 Å². The van der Waals surface area contributed by atoms with Crippen LogP contribution in [0.25, 0.3) is 0 Å². The number of para-hydroxylation sites is 2. The molecule has 1 atom stereocenters. The lowest BCUT2D eigenvalue weighted by Crippen LogP contribution is -2.21. The van der Waals surface area contributed by atoms with E-state index in [1.54, 1.807) is 24.3 Å². The Bertz CT molecular complexity index is 566. The van der Waals surface area contributed by atoms with Gasteiger partial charge >= 0.3 is 0 Å². The zero-order valence-electron chi connectivity index (χ0n) is 11.5. The Morgan fingerprint density at radius 1 is 1.10 bits per heavy atom. The molecule has 0 saturated heterocycles. The van der Waals surface area contributed by atoms with Gasteiger partial charge in [0.15, 0.2) is 0 Å². The van der Waals surface area contributed by atoms with Crippen molar-refractivity contribution in [1.82, 2.24) is 0 Å². The first-order valence-corrected chi connectivity index (χ1v) is 6.86. The van der Waals surface area contributed by atoms with Gasteiger partial charge < -0.3 is 10.4 Å². The van der Waals surface area contributed by atoms with Crippen molar-refractivity contribution in [3.8, 4) is 5.75 Å². The molecule has 0 aliphatic heterocycles. The van der Waals surface area contributed by atoms with Crippen LogP contribution in [0.5, 0.6) is 5.75 Å². The van der Waals surface area contributed by atoms with E-state index in [1.807, 2.05) is 30.3 Å². The lowest BCUT2D eigenvalue weighted by molar-refractivity contribution is -0.117. The summed E-state index contributed by atoms with van der Waals surface area (Å²) in [4.78, 5) is 12.4. The van der Waals surface area contributed by atoms with Gasteiger partial charge in [-0.2, -0.15) is 0 Å². The number of phenols is 1. The zero-order valence-corrected chi connectivity index (χ0v) is 11.5. The molecule has 0 aromatic heterocycles. The minimum atomic E-state index is -0.194. The van der Waals surface area contributed by atoms with Gasteiger partial charge in [-0.1, -0.05) is 55.8 Å². The van der Waals surface area contributed by atoms with E-state index in [4.69, 9.17) is 0 Å². The van der Waals surface area contributed by atoms with Crippen LogP contribution in [-0.2, 0) is 4.79 Å². The molecule has 0 spiro atoms. The fourth-order valence-electron chi connectivity index (χ4n) is 2.22. The van der Waals surface area contributed by atoms with Gasteiger partial charge in [0.25, 0.3) is 0 Å². The van der Waals surface area contributed by atoms with E-state index >= 15 is 0 Å². The number of benzene rings is 2. The molecule has 2 N–H and O–H groups in total. The van der Waals surface area contributed by atoms with Gasteiger partial charge in [0.05, 0.1) is 11.6 Å². The summed E-state index contributed by atoms with van der Waals surface area (Å²) in [5.74, 6) is -0.190. The predicted molar refractivity (Wildman–Crippen MR) is 80.8 cm³/mol. The highest BCUT2D eigenvalue weighted by atomic mass is 16.3. The Kier molecular flexibility index (Phi) is 4.77. The van der Waals surface area contributed by atoms with E-state index in [0.29, 0.717) is 5.69 Å².